The van der Waals surface area contributed by atoms with Gasteiger partial charge in [-0.2, -0.15) is 0 Å². The summed E-state index contributed by atoms with van der Waals surface area (Å²) in [5.41, 5.74) is 0. The lowest BCUT2D eigenvalue weighted by atomic mass is 9.86. The second-order valence-electron chi connectivity index (χ2n) is 7.23. The van der Waals surface area contributed by atoms with Crippen molar-refractivity contribution in [2.75, 3.05) is 12.4 Å². The molecule has 0 aliphatic heterocycles. The minimum atomic E-state index is 0. The molecule has 0 atom stereocenters. The summed E-state index contributed by atoms with van der Waals surface area (Å²) in [5.74, 6) is 2.19. The summed E-state index contributed by atoms with van der Waals surface area (Å²) in [6.45, 7) is 3.27. The number of halogens is 5. The highest BCUT2D eigenvalue weighted by molar-refractivity contribution is 7.99. The fraction of sp³-hybridized carbons (Fsp3) is 0.727. The summed E-state index contributed by atoms with van der Waals surface area (Å²) in [7, 11) is 0. The number of hydrogen-bond acceptors (Lipinski definition) is 2. The fourth-order valence-electron chi connectivity index (χ4n) is 3.58. The van der Waals surface area contributed by atoms with Crippen LogP contribution >= 0.6 is 11.8 Å². The van der Waals surface area contributed by atoms with Gasteiger partial charge in [0.15, 0.2) is 0 Å². The van der Waals surface area contributed by atoms with Crippen molar-refractivity contribution in [2.24, 2.45) is 5.92 Å². The Labute approximate surface area is 177 Å². The van der Waals surface area contributed by atoms with E-state index in [0.29, 0.717) is 6.10 Å². The predicted octanol–water partition coefficient (Wildman–Crippen LogP) is 7.87. The number of unbranched alkanes of at least 4 members (excludes halogenated alkanes) is 5. The maximum atomic E-state index is 6.11. The van der Waals surface area contributed by atoms with Crippen LogP contribution in [0.2, 0.25) is 0 Å². The normalized spacial score (nSPS) is 17.4. The van der Waals surface area contributed by atoms with Gasteiger partial charge in [0.1, 0.15) is 0 Å². The van der Waals surface area contributed by atoms with Gasteiger partial charge in [-0.1, -0.05) is 57.2 Å². The molecule has 1 nitrogen and oxygen atoms in total. The third kappa shape index (κ3) is 16.6. The summed E-state index contributed by atoms with van der Waals surface area (Å²) in [5, 5.41) is 0. The molecule has 0 heterocycles. The zero-order chi connectivity index (χ0) is 16.9. The molecule has 0 spiro atoms. The molecule has 0 radical (unpaired) electrons. The Bertz CT molecular complexity index is 417. The number of ether oxygens (including phenoxy) is 1. The SMILES string of the molecule is CCCCCCCCOC1CCC(CCSc2ccccc2)CC1.F.F.F.F.F. The zero-order valence-corrected chi connectivity index (χ0v) is 18.4. The van der Waals surface area contributed by atoms with Crippen LogP contribution in [0.15, 0.2) is 35.2 Å². The second-order valence-corrected chi connectivity index (χ2v) is 8.40. The van der Waals surface area contributed by atoms with E-state index in [1.165, 1.54) is 81.3 Å². The van der Waals surface area contributed by atoms with Crippen LogP contribution < -0.4 is 0 Å². The highest BCUT2D eigenvalue weighted by Gasteiger charge is 2.21. The van der Waals surface area contributed by atoms with E-state index in [9.17, 15) is 0 Å². The molecule has 0 saturated heterocycles. The van der Waals surface area contributed by atoms with Gasteiger partial charge in [-0.05, 0) is 62.3 Å². The number of rotatable bonds is 12. The number of thioether (sulfide) groups is 1. The van der Waals surface area contributed by atoms with Crippen LogP contribution in [0.3, 0.4) is 0 Å². The maximum Gasteiger partial charge on any atom is 0.0575 e. The van der Waals surface area contributed by atoms with Crippen LogP contribution in [0.5, 0.6) is 0 Å². The van der Waals surface area contributed by atoms with Crippen molar-refractivity contribution in [1.82, 2.24) is 0 Å². The lowest BCUT2D eigenvalue weighted by molar-refractivity contribution is 0.0159. The molecule has 7 heteroatoms. The highest BCUT2D eigenvalue weighted by atomic mass is 32.2. The summed E-state index contributed by atoms with van der Waals surface area (Å²) in [6.07, 6.45) is 15.4. The highest BCUT2D eigenvalue weighted by Crippen LogP contribution is 2.30. The number of hydrogen-bond donors (Lipinski definition) is 0. The Morgan fingerprint density at radius 3 is 2.00 bits per heavy atom. The zero-order valence-electron chi connectivity index (χ0n) is 17.6. The number of benzene rings is 1. The molecule has 1 aliphatic rings. The largest absolute Gasteiger partial charge is 0.378 e. The van der Waals surface area contributed by atoms with Crippen molar-refractivity contribution >= 4 is 11.8 Å². The van der Waals surface area contributed by atoms with Crippen molar-refractivity contribution in [2.45, 2.75) is 88.6 Å². The van der Waals surface area contributed by atoms with E-state index < -0.39 is 0 Å². The van der Waals surface area contributed by atoms with Gasteiger partial charge < -0.3 is 4.74 Å². The van der Waals surface area contributed by atoms with Crippen molar-refractivity contribution in [3.63, 3.8) is 0 Å². The standard InChI is InChI=1S/C22H36OS.5FH/c1-2-3-4-5-6-10-18-23-21-15-13-20(14-16-21)17-19-24-22-11-8-7-9-12-22;;;;;/h7-9,11-12,20-21H,2-6,10,13-19H2,1H3;5*1H. The van der Waals surface area contributed by atoms with Crippen LogP contribution in [0, 0.1) is 5.92 Å². The van der Waals surface area contributed by atoms with Gasteiger partial charge in [-0.25, -0.2) is 0 Å². The fourth-order valence-corrected chi connectivity index (χ4v) is 4.62. The summed E-state index contributed by atoms with van der Waals surface area (Å²) < 4.78 is 6.11. The lowest BCUT2D eigenvalue weighted by Gasteiger charge is -2.28. The molecular formula is C22H41F5OS. The molecule has 1 aromatic rings. The first-order valence-electron chi connectivity index (χ1n) is 10.2. The van der Waals surface area contributed by atoms with E-state index in [4.69, 9.17) is 4.74 Å². The lowest BCUT2D eigenvalue weighted by Crippen LogP contribution is -2.22. The van der Waals surface area contributed by atoms with E-state index in [1.54, 1.807) is 0 Å². The van der Waals surface area contributed by atoms with Gasteiger partial charge in [0.05, 0.1) is 6.10 Å². The molecule has 1 fully saturated rings. The maximum absolute atomic E-state index is 6.11. The van der Waals surface area contributed by atoms with E-state index in [1.807, 2.05) is 11.8 Å². The average molecular weight is 449 g/mol. The Balaban J connectivity index is -0.000000625. The molecule has 0 bridgehead atoms. The molecule has 0 aromatic heterocycles. The minimum absolute atomic E-state index is 0. The first-order valence-corrected chi connectivity index (χ1v) is 11.2. The monoisotopic (exact) mass is 448 g/mol. The van der Waals surface area contributed by atoms with Crippen molar-refractivity contribution < 1.29 is 28.3 Å². The summed E-state index contributed by atoms with van der Waals surface area (Å²) in [6, 6.07) is 10.8. The Morgan fingerprint density at radius 1 is 0.793 bits per heavy atom. The average Bonchev–Trinajstić information content (AvgIpc) is 2.63. The van der Waals surface area contributed by atoms with Gasteiger partial charge in [0.2, 0.25) is 0 Å². The topological polar surface area (TPSA) is 9.23 Å². The molecule has 0 unspecified atom stereocenters. The summed E-state index contributed by atoms with van der Waals surface area (Å²) >= 11 is 2.01. The molecule has 0 amide bonds. The third-order valence-corrected chi connectivity index (χ3v) is 6.23. The van der Waals surface area contributed by atoms with Crippen LogP contribution in [0.25, 0.3) is 0 Å². The molecule has 0 N–H and O–H groups in total. The minimum Gasteiger partial charge on any atom is -0.378 e. The van der Waals surface area contributed by atoms with E-state index in [-0.39, 0.29) is 23.5 Å². The van der Waals surface area contributed by atoms with Crippen LogP contribution in [-0.2, 0) is 4.74 Å². The van der Waals surface area contributed by atoms with Gasteiger partial charge in [-0.3, -0.25) is 23.5 Å². The molecule has 2 rings (SSSR count). The Kier molecular flexibility index (Phi) is 28.8. The Hall–Kier alpha value is -0.820. The molecule has 29 heavy (non-hydrogen) atoms. The predicted molar refractivity (Wildman–Crippen MR) is 119 cm³/mol. The summed E-state index contributed by atoms with van der Waals surface area (Å²) in [4.78, 5) is 1.41. The van der Waals surface area contributed by atoms with E-state index in [0.717, 1.165) is 12.5 Å². The van der Waals surface area contributed by atoms with Gasteiger partial charge in [0.25, 0.3) is 0 Å². The van der Waals surface area contributed by atoms with E-state index in [2.05, 4.69) is 37.3 Å². The van der Waals surface area contributed by atoms with Gasteiger partial charge >= 0.3 is 0 Å². The van der Waals surface area contributed by atoms with Gasteiger partial charge in [0, 0.05) is 11.5 Å². The van der Waals surface area contributed by atoms with Crippen LogP contribution in [0.1, 0.15) is 77.6 Å². The molecular weight excluding hydrogens is 407 g/mol. The molecule has 1 aliphatic carbocycles. The molecule has 176 valence electrons. The molecule has 1 saturated carbocycles. The van der Waals surface area contributed by atoms with Crippen LogP contribution in [0.4, 0.5) is 23.5 Å². The second kappa shape index (κ2) is 23.5. The smallest absolute Gasteiger partial charge is 0.0575 e. The third-order valence-electron chi connectivity index (χ3n) is 5.18. The van der Waals surface area contributed by atoms with Crippen molar-refractivity contribution in [3.05, 3.63) is 30.3 Å². The molecule has 1 aromatic carbocycles. The first-order chi connectivity index (χ1) is 11.9. The van der Waals surface area contributed by atoms with Crippen molar-refractivity contribution in [3.8, 4) is 0 Å². The van der Waals surface area contributed by atoms with Crippen LogP contribution in [-0.4, -0.2) is 18.5 Å². The van der Waals surface area contributed by atoms with Gasteiger partial charge in [-0.15, -0.1) is 11.8 Å². The van der Waals surface area contributed by atoms with Crippen molar-refractivity contribution in [1.29, 1.82) is 0 Å². The Morgan fingerprint density at radius 2 is 1.38 bits per heavy atom. The van der Waals surface area contributed by atoms with E-state index >= 15 is 0 Å². The first kappa shape index (κ1) is 35.6. The quantitative estimate of drug-likeness (QED) is 0.183.